The van der Waals surface area contributed by atoms with Crippen molar-refractivity contribution in [2.24, 2.45) is 5.10 Å². The summed E-state index contributed by atoms with van der Waals surface area (Å²) in [6.07, 6.45) is 0. The van der Waals surface area contributed by atoms with Crippen LogP contribution in [0.2, 0.25) is 0 Å². The van der Waals surface area contributed by atoms with E-state index in [0.29, 0.717) is 10.9 Å². The predicted octanol–water partition coefficient (Wildman–Crippen LogP) is 3.84. The van der Waals surface area contributed by atoms with Crippen molar-refractivity contribution in [1.29, 1.82) is 0 Å². The molecule has 86 valence electrons. The highest BCUT2D eigenvalue weighted by Crippen LogP contribution is 2.10. The molecule has 0 saturated carbocycles. The third kappa shape index (κ3) is 3.29. The molecule has 0 unspecified atom stereocenters. The number of hydrogen-bond donors (Lipinski definition) is 1. The topological polar surface area (TPSA) is 24.4 Å². The van der Waals surface area contributed by atoms with Gasteiger partial charge in [0.15, 0.2) is 5.17 Å². The van der Waals surface area contributed by atoms with Gasteiger partial charge >= 0.3 is 0 Å². The number of nitrogens with one attached hydrogen (secondary N) is 1. The van der Waals surface area contributed by atoms with Crippen LogP contribution in [0.25, 0.3) is 0 Å². The van der Waals surface area contributed by atoms with Gasteiger partial charge in [-0.1, -0.05) is 41.9 Å². The smallest absolute Gasteiger partial charge is 0.156 e. The molecule has 0 radical (unpaired) electrons. The van der Waals surface area contributed by atoms with Crippen LogP contribution in [0.3, 0.4) is 0 Å². The molecule has 0 aliphatic carbocycles. The van der Waals surface area contributed by atoms with Gasteiger partial charge in [0.05, 0.1) is 5.69 Å². The Morgan fingerprint density at radius 3 is 2.29 bits per heavy atom. The van der Waals surface area contributed by atoms with Crippen LogP contribution in [0.15, 0.2) is 59.7 Å². The highest BCUT2D eigenvalue weighted by molar-refractivity contribution is 6.69. The third-order valence-electron chi connectivity index (χ3n) is 2.14. The van der Waals surface area contributed by atoms with Crippen molar-refractivity contribution < 1.29 is 4.39 Å². The Balaban J connectivity index is 2.08. The highest BCUT2D eigenvalue weighted by Gasteiger charge is 1.98. The molecule has 2 nitrogen and oxygen atoms in total. The van der Waals surface area contributed by atoms with E-state index in [1.807, 2.05) is 30.3 Å². The van der Waals surface area contributed by atoms with E-state index >= 15 is 0 Å². The molecule has 0 saturated heterocycles. The van der Waals surface area contributed by atoms with Gasteiger partial charge in [-0.3, -0.25) is 5.43 Å². The predicted molar refractivity (Wildman–Crippen MR) is 68.9 cm³/mol. The van der Waals surface area contributed by atoms with E-state index in [1.165, 1.54) is 12.1 Å². The van der Waals surface area contributed by atoms with Gasteiger partial charge in [-0.05, 0) is 24.3 Å². The van der Waals surface area contributed by atoms with Gasteiger partial charge in [0, 0.05) is 5.56 Å². The van der Waals surface area contributed by atoms with Gasteiger partial charge in [0.25, 0.3) is 0 Å². The Morgan fingerprint density at radius 2 is 1.65 bits per heavy atom. The molecule has 1 N–H and O–H groups in total. The summed E-state index contributed by atoms with van der Waals surface area (Å²) in [5.41, 5.74) is 4.26. The number of anilines is 1. The first kappa shape index (κ1) is 11.6. The first-order valence-electron chi connectivity index (χ1n) is 5.06. The van der Waals surface area contributed by atoms with Crippen molar-refractivity contribution in [2.75, 3.05) is 5.43 Å². The summed E-state index contributed by atoms with van der Waals surface area (Å²) in [5.74, 6) is -0.284. The van der Waals surface area contributed by atoms with E-state index < -0.39 is 0 Å². The zero-order chi connectivity index (χ0) is 12.1. The number of halogens is 2. The van der Waals surface area contributed by atoms with Crippen LogP contribution in [0, 0.1) is 5.82 Å². The molecule has 2 rings (SSSR count). The molecule has 0 atom stereocenters. The molecule has 0 aliphatic heterocycles. The van der Waals surface area contributed by atoms with Crippen LogP contribution in [-0.4, -0.2) is 5.17 Å². The average molecular weight is 249 g/mol. The monoisotopic (exact) mass is 248 g/mol. The van der Waals surface area contributed by atoms with Crippen molar-refractivity contribution in [3.8, 4) is 0 Å². The molecule has 0 spiro atoms. The molecular weight excluding hydrogens is 239 g/mol. The Bertz CT molecular complexity index is 509. The Kier molecular flexibility index (Phi) is 3.73. The Labute approximate surface area is 104 Å². The fourth-order valence-corrected chi connectivity index (χ4v) is 1.45. The lowest BCUT2D eigenvalue weighted by atomic mass is 10.2. The Morgan fingerprint density at radius 1 is 1.00 bits per heavy atom. The van der Waals surface area contributed by atoms with Crippen molar-refractivity contribution in [3.05, 3.63) is 66.0 Å². The van der Waals surface area contributed by atoms with E-state index in [2.05, 4.69) is 10.5 Å². The van der Waals surface area contributed by atoms with Crippen molar-refractivity contribution in [2.45, 2.75) is 0 Å². The van der Waals surface area contributed by atoms with E-state index in [4.69, 9.17) is 11.6 Å². The summed E-state index contributed by atoms with van der Waals surface area (Å²) in [7, 11) is 0. The second kappa shape index (κ2) is 5.46. The first-order valence-corrected chi connectivity index (χ1v) is 5.44. The maximum Gasteiger partial charge on any atom is 0.156 e. The SMILES string of the molecule is Fc1ccc(N/N=C(\Cl)c2ccccc2)cc1. The molecule has 0 bridgehead atoms. The summed E-state index contributed by atoms with van der Waals surface area (Å²) in [4.78, 5) is 0. The summed E-state index contributed by atoms with van der Waals surface area (Å²) in [6, 6.07) is 15.3. The van der Waals surface area contributed by atoms with Crippen LogP contribution in [0.5, 0.6) is 0 Å². The quantitative estimate of drug-likeness (QED) is 0.648. The average Bonchev–Trinajstić information content (AvgIpc) is 2.39. The van der Waals surface area contributed by atoms with Gasteiger partial charge in [-0.15, -0.1) is 0 Å². The molecular formula is C13H10ClFN2. The van der Waals surface area contributed by atoms with Gasteiger partial charge < -0.3 is 0 Å². The van der Waals surface area contributed by atoms with Gasteiger partial charge in [-0.2, -0.15) is 5.10 Å². The third-order valence-corrected chi connectivity index (χ3v) is 2.44. The molecule has 4 heteroatoms. The molecule has 0 fully saturated rings. The number of hydrogen-bond acceptors (Lipinski definition) is 2. The zero-order valence-corrected chi connectivity index (χ0v) is 9.66. The van der Waals surface area contributed by atoms with Crippen LogP contribution in [-0.2, 0) is 0 Å². The normalized spacial score (nSPS) is 11.3. The number of rotatable bonds is 3. The van der Waals surface area contributed by atoms with Gasteiger partial charge in [0.2, 0.25) is 0 Å². The molecule has 0 aromatic heterocycles. The van der Waals surface area contributed by atoms with E-state index in [-0.39, 0.29) is 5.82 Å². The van der Waals surface area contributed by atoms with Crippen molar-refractivity contribution in [1.82, 2.24) is 0 Å². The minimum Gasteiger partial charge on any atom is -0.277 e. The van der Waals surface area contributed by atoms with Crippen LogP contribution >= 0.6 is 11.6 Å². The molecule has 2 aromatic rings. The fourth-order valence-electron chi connectivity index (χ4n) is 1.28. The van der Waals surface area contributed by atoms with E-state index in [9.17, 15) is 4.39 Å². The standard InChI is InChI=1S/C13H10ClFN2/c14-13(10-4-2-1-3-5-10)17-16-12-8-6-11(15)7-9-12/h1-9,16H/b17-13-. The maximum absolute atomic E-state index is 12.7. The molecule has 0 heterocycles. The number of benzene rings is 2. The number of hydrazone groups is 1. The van der Waals surface area contributed by atoms with Crippen LogP contribution in [0.4, 0.5) is 10.1 Å². The molecule has 0 amide bonds. The first-order chi connectivity index (χ1) is 8.25. The lowest BCUT2D eigenvalue weighted by molar-refractivity contribution is 0.628. The van der Waals surface area contributed by atoms with Crippen LogP contribution in [0.1, 0.15) is 5.56 Å². The molecule has 0 aliphatic rings. The fraction of sp³-hybridized carbons (Fsp3) is 0. The van der Waals surface area contributed by atoms with Gasteiger partial charge in [-0.25, -0.2) is 4.39 Å². The van der Waals surface area contributed by atoms with E-state index in [0.717, 1.165) is 5.56 Å². The van der Waals surface area contributed by atoms with Crippen molar-refractivity contribution in [3.63, 3.8) is 0 Å². The zero-order valence-electron chi connectivity index (χ0n) is 8.90. The summed E-state index contributed by atoms with van der Waals surface area (Å²) in [6.45, 7) is 0. The Hall–Kier alpha value is -1.87. The lowest BCUT2D eigenvalue weighted by Gasteiger charge is -2.01. The molecule has 2 aromatic carbocycles. The molecule has 17 heavy (non-hydrogen) atoms. The minimum absolute atomic E-state index is 0.284. The number of nitrogens with zero attached hydrogens (tertiary/aromatic N) is 1. The summed E-state index contributed by atoms with van der Waals surface area (Å²) < 4.78 is 12.7. The highest BCUT2D eigenvalue weighted by atomic mass is 35.5. The van der Waals surface area contributed by atoms with Gasteiger partial charge in [0.1, 0.15) is 5.82 Å². The second-order valence-corrected chi connectivity index (χ2v) is 3.75. The van der Waals surface area contributed by atoms with E-state index in [1.54, 1.807) is 12.1 Å². The lowest BCUT2D eigenvalue weighted by Crippen LogP contribution is -1.96. The largest absolute Gasteiger partial charge is 0.277 e. The summed E-state index contributed by atoms with van der Waals surface area (Å²) >= 11 is 6.00. The van der Waals surface area contributed by atoms with Crippen molar-refractivity contribution >= 4 is 22.5 Å². The van der Waals surface area contributed by atoms with Crippen LogP contribution < -0.4 is 5.43 Å². The second-order valence-electron chi connectivity index (χ2n) is 3.39. The minimum atomic E-state index is -0.284. The summed E-state index contributed by atoms with van der Waals surface area (Å²) in [5, 5.41) is 4.36. The maximum atomic E-state index is 12.7.